The monoisotopic (exact) mass is 202 g/mol. The van der Waals surface area contributed by atoms with Gasteiger partial charge >= 0.3 is 6.18 Å². The van der Waals surface area contributed by atoms with Crippen LogP contribution in [-0.4, -0.2) is 12.3 Å². The summed E-state index contributed by atoms with van der Waals surface area (Å²) in [4.78, 5) is 0. The number of hydrogen-bond donors (Lipinski definition) is 0. The van der Waals surface area contributed by atoms with Crippen LogP contribution in [0.4, 0.5) is 13.2 Å². The van der Waals surface area contributed by atoms with Crippen molar-refractivity contribution in [1.29, 1.82) is 0 Å². The molecular formula is C10H9F3O. The molecule has 0 aliphatic carbocycles. The van der Waals surface area contributed by atoms with Crippen molar-refractivity contribution >= 4 is 0 Å². The highest BCUT2D eigenvalue weighted by atomic mass is 19.4. The summed E-state index contributed by atoms with van der Waals surface area (Å²) < 4.78 is 41.8. The number of aryl methyl sites for hydroxylation is 1. The Morgan fingerprint density at radius 1 is 1.21 bits per heavy atom. The van der Waals surface area contributed by atoms with Gasteiger partial charge in [-0.15, -0.1) is 0 Å². The van der Waals surface area contributed by atoms with Crippen LogP contribution in [0.2, 0.25) is 0 Å². The number of ether oxygens (including phenoxy) is 1. The Balaban J connectivity index is 2.22. The van der Waals surface area contributed by atoms with E-state index in [0.29, 0.717) is 12.2 Å². The van der Waals surface area contributed by atoms with Crippen LogP contribution in [0, 0.1) is 0 Å². The number of benzene rings is 1. The summed E-state index contributed by atoms with van der Waals surface area (Å²) in [5, 5.41) is 0. The average Bonchev–Trinajstić information content (AvgIpc) is 2.16. The van der Waals surface area contributed by atoms with Crippen LogP contribution >= 0.6 is 0 Å². The molecule has 0 radical (unpaired) electrons. The van der Waals surface area contributed by atoms with Crippen molar-refractivity contribution in [2.45, 2.75) is 25.1 Å². The van der Waals surface area contributed by atoms with Gasteiger partial charge in [-0.05, 0) is 24.5 Å². The molecular weight excluding hydrogens is 193 g/mol. The molecule has 76 valence electrons. The highest BCUT2D eigenvalue weighted by Gasteiger charge is 2.43. The van der Waals surface area contributed by atoms with Crippen LogP contribution in [0.5, 0.6) is 5.75 Å². The maximum atomic E-state index is 12.3. The van der Waals surface area contributed by atoms with E-state index in [1.165, 1.54) is 0 Å². The van der Waals surface area contributed by atoms with Gasteiger partial charge in [0.1, 0.15) is 5.75 Å². The highest BCUT2D eigenvalue weighted by Crippen LogP contribution is 2.34. The molecule has 1 unspecified atom stereocenters. The number of para-hydroxylation sites is 1. The van der Waals surface area contributed by atoms with Crippen LogP contribution in [0.25, 0.3) is 0 Å². The van der Waals surface area contributed by atoms with Gasteiger partial charge in [0.15, 0.2) is 6.10 Å². The molecule has 1 nitrogen and oxygen atoms in total. The van der Waals surface area contributed by atoms with Crippen LogP contribution in [-0.2, 0) is 6.42 Å². The van der Waals surface area contributed by atoms with E-state index >= 15 is 0 Å². The first-order valence-corrected chi connectivity index (χ1v) is 4.38. The smallest absolute Gasteiger partial charge is 0.425 e. The zero-order valence-electron chi connectivity index (χ0n) is 7.34. The summed E-state index contributed by atoms with van der Waals surface area (Å²) in [7, 11) is 0. The fourth-order valence-corrected chi connectivity index (χ4v) is 1.55. The van der Waals surface area contributed by atoms with Crippen molar-refractivity contribution in [3.05, 3.63) is 29.8 Å². The molecule has 1 heterocycles. The lowest BCUT2D eigenvalue weighted by molar-refractivity contribution is -0.199. The average molecular weight is 202 g/mol. The Morgan fingerprint density at radius 2 is 1.93 bits per heavy atom. The van der Waals surface area contributed by atoms with Crippen molar-refractivity contribution in [2.24, 2.45) is 0 Å². The second-order valence-corrected chi connectivity index (χ2v) is 3.29. The highest BCUT2D eigenvalue weighted by molar-refractivity contribution is 5.35. The van der Waals surface area contributed by atoms with E-state index in [1.54, 1.807) is 24.3 Å². The molecule has 4 heteroatoms. The largest absolute Gasteiger partial charge is 0.481 e. The fourth-order valence-electron chi connectivity index (χ4n) is 1.55. The molecule has 0 aromatic heterocycles. The lowest BCUT2D eigenvalue weighted by Crippen LogP contribution is -2.37. The minimum Gasteiger partial charge on any atom is -0.481 e. The molecule has 1 aliphatic rings. The van der Waals surface area contributed by atoms with Gasteiger partial charge in [-0.25, -0.2) is 0 Å². The van der Waals surface area contributed by atoms with Gasteiger partial charge < -0.3 is 4.74 Å². The van der Waals surface area contributed by atoms with E-state index < -0.39 is 12.3 Å². The van der Waals surface area contributed by atoms with Gasteiger partial charge in [0.05, 0.1) is 0 Å². The molecule has 0 fully saturated rings. The number of fused-ring (bicyclic) bond motifs is 1. The van der Waals surface area contributed by atoms with Crippen LogP contribution in [0.1, 0.15) is 12.0 Å². The third-order valence-electron chi connectivity index (χ3n) is 2.28. The maximum absolute atomic E-state index is 12.3. The fraction of sp³-hybridized carbons (Fsp3) is 0.400. The number of halogens is 3. The Hall–Kier alpha value is -1.19. The predicted molar refractivity (Wildman–Crippen MR) is 45.2 cm³/mol. The van der Waals surface area contributed by atoms with E-state index in [-0.39, 0.29) is 6.42 Å². The summed E-state index contributed by atoms with van der Waals surface area (Å²) in [5.41, 5.74) is 0.855. The minimum absolute atomic E-state index is 0.0144. The maximum Gasteiger partial charge on any atom is 0.425 e. The Kier molecular flexibility index (Phi) is 2.13. The summed E-state index contributed by atoms with van der Waals surface area (Å²) >= 11 is 0. The zero-order valence-corrected chi connectivity index (χ0v) is 7.34. The normalized spacial score (nSPS) is 21.2. The summed E-state index contributed by atoms with van der Waals surface area (Å²) in [5.74, 6) is 0.362. The predicted octanol–water partition coefficient (Wildman–Crippen LogP) is 2.94. The molecule has 1 aliphatic heterocycles. The third-order valence-corrected chi connectivity index (χ3v) is 2.28. The van der Waals surface area contributed by atoms with E-state index in [9.17, 15) is 13.2 Å². The van der Waals surface area contributed by atoms with Crippen LogP contribution in [0.15, 0.2) is 24.3 Å². The van der Waals surface area contributed by atoms with Crippen molar-refractivity contribution in [1.82, 2.24) is 0 Å². The van der Waals surface area contributed by atoms with Crippen molar-refractivity contribution in [2.75, 3.05) is 0 Å². The first-order chi connectivity index (χ1) is 6.57. The Morgan fingerprint density at radius 3 is 2.64 bits per heavy atom. The van der Waals surface area contributed by atoms with Crippen LogP contribution in [0.3, 0.4) is 0 Å². The van der Waals surface area contributed by atoms with E-state index in [0.717, 1.165) is 5.56 Å². The van der Waals surface area contributed by atoms with E-state index in [2.05, 4.69) is 0 Å². The molecule has 0 saturated heterocycles. The second-order valence-electron chi connectivity index (χ2n) is 3.29. The van der Waals surface area contributed by atoms with Gasteiger partial charge in [-0.1, -0.05) is 18.2 Å². The SMILES string of the molecule is FC(F)(F)C1CCc2ccccc2O1. The number of rotatable bonds is 0. The molecule has 1 aromatic rings. The lowest BCUT2D eigenvalue weighted by atomic mass is 10.0. The van der Waals surface area contributed by atoms with Gasteiger partial charge in [-0.2, -0.15) is 13.2 Å². The van der Waals surface area contributed by atoms with Gasteiger partial charge in [0.25, 0.3) is 0 Å². The second kappa shape index (κ2) is 3.19. The van der Waals surface area contributed by atoms with Gasteiger partial charge in [0, 0.05) is 0 Å². The molecule has 0 amide bonds. The van der Waals surface area contributed by atoms with Gasteiger partial charge in [-0.3, -0.25) is 0 Å². The summed E-state index contributed by atoms with van der Waals surface area (Å²) in [6.07, 6.45) is -5.45. The van der Waals surface area contributed by atoms with Crippen molar-refractivity contribution in [3.63, 3.8) is 0 Å². The number of hydrogen-bond acceptors (Lipinski definition) is 1. The number of alkyl halides is 3. The first kappa shape index (κ1) is 9.37. The van der Waals surface area contributed by atoms with Crippen LogP contribution < -0.4 is 4.74 Å². The lowest BCUT2D eigenvalue weighted by Gasteiger charge is -2.27. The first-order valence-electron chi connectivity index (χ1n) is 4.38. The van der Waals surface area contributed by atoms with Gasteiger partial charge in [0.2, 0.25) is 0 Å². The minimum atomic E-state index is -4.26. The molecule has 2 rings (SSSR count). The Labute approximate surface area is 79.5 Å². The van der Waals surface area contributed by atoms with E-state index in [1.807, 2.05) is 0 Å². The molecule has 14 heavy (non-hydrogen) atoms. The zero-order chi connectivity index (χ0) is 10.2. The summed E-state index contributed by atoms with van der Waals surface area (Å²) in [6.45, 7) is 0. The quantitative estimate of drug-likeness (QED) is 0.628. The van der Waals surface area contributed by atoms with Crippen molar-refractivity contribution in [3.8, 4) is 5.75 Å². The topological polar surface area (TPSA) is 9.23 Å². The molecule has 0 saturated carbocycles. The van der Waals surface area contributed by atoms with E-state index in [4.69, 9.17) is 4.74 Å². The standard InChI is InChI=1S/C10H9F3O/c11-10(12,13)9-6-5-7-3-1-2-4-8(7)14-9/h1-4,9H,5-6H2. The molecule has 0 bridgehead atoms. The Bertz CT molecular complexity index is 332. The molecule has 1 atom stereocenters. The summed E-state index contributed by atoms with van der Waals surface area (Å²) in [6, 6.07) is 6.85. The third kappa shape index (κ3) is 1.69. The molecule has 0 N–H and O–H groups in total. The van der Waals surface area contributed by atoms with Crippen molar-refractivity contribution < 1.29 is 17.9 Å². The molecule has 0 spiro atoms. The molecule has 1 aromatic carbocycles.